The Morgan fingerprint density at radius 2 is 2.17 bits per heavy atom. The van der Waals surface area contributed by atoms with E-state index in [9.17, 15) is 9.59 Å². The standard InChI is InChI=1S/C12H15N3O3/c13-9-3-1-2-8(6-9)12(17)15-4-5-18-7-10(15)11(14)16/h1-3,6,10H,4-5,7,13H2,(H2,14,16). The van der Waals surface area contributed by atoms with Crippen molar-refractivity contribution in [1.82, 2.24) is 4.90 Å². The van der Waals surface area contributed by atoms with Crippen LogP contribution in [0.25, 0.3) is 0 Å². The molecule has 0 bridgehead atoms. The number of amides is 2. The summed E-state index contributed by atoms with van der Waals surface area (Å²) in [5.41, 5.74) is 11.9. The van der Waals surface area contributed by atoms with Crippen molar-refractivity contribution in [1.29, 1.82) is 0 Å². The van der Waals surface area contributed by atoms with Crippen molar-refractivity contribution in [3.05, 3.63) is 29.8 Å². The maximum atomic E-state index is 12.3. The lowest BCUT2D eigenvalue weighted by Gasteiger charge is -2.33. The third-order valence-electron chi connectivity index (χ3n) is 2.85. The molecule has 1 aromatic carbocycles. The largest absolute Gasteiger partial charge is 0.399 e. The predicted octanol–water partition coefficient (Wildman–Crippen LogP) is -0.405. The molecule has 6 nitrogen and oxygen atoms in total. The number of hydrogen-bond donors (Lipinski definition) is 2. The Hall–Kier alpha value is -2.08. The summed E-state index contributed by atoms with van der Waals surface area (Å²) in [6, 6.07) is 5.92. The number of carbonyl (C=O) groups excluding carboxylic acids is 2. The number of hydrogen-bond acceptors (Lipinski definition) is 4. The van der Waals surface area contributed by atoms with Crippen LogP contribution in [0.5, 0.6) is 0 Å². The fourth-order valence-corrected chi connectivity index (χ4v) is 1.92. The van der Waals surface area contributed by atoms with Crippen LogP contribution in [0, 0.1) is 0 Å². The number of nitrogens with two attached hydrogens (primary N) is 2. The molecule has 1 aliphatic heterocycles. The van der Waals surface area contributed by atoms with Gasteiger partial charge < -0.3 is 21.1 Å². The fourth-order valence-electron chi connectivity index (χ4n) is 1.92. The van der Waals surface area contributed by atoms with Gasteiger partial charge in [0, 0.05) is 17.8 Å². The summed E-state index contributed by atoms with van der Waals surface area (Å²) in [5, 5.41) is 0. The molecule has 2 rings (SSSR count). The second-order valence-electron chi connectivity index (χ2n) is 4.12. The molecular formula is C12H15N3O3. The van der Waals surface area contributed by atoms with Gasteiger partial charge in [0.2, 0.25) is 5.91 Å². The second-order valence-corrected chi connectivity index (χ2v) is 4.12. The molecule has 1 atom stereocenters. The topological polar surface area (TPSA) is 98.7 Å². The number of morpholine rings is 1. The molecule has 96 valence electrons. The molecule has 0 saturated carbocycles. The van der Waals surface area contributed by atoms with E-state index in [2.05, 4.69) is 0 Å². The van der Waals surface area contributed by atoms with E-state index in [1.54, 1.807) is 24.3 Å². The Morgan fingerprint density at radius 3 is 2.83 bits per heavy atom. The Kier molecular flexibility index (Phi) is 3.47. The highest BCUT2D eigenvalue weighted by atomic mass is 16.5. The van der Waals surface area contributed by atoms with E-state index in [4.69, 9.17) is 16.2 Å². The van der Waals surface area contributed by atoms with Crippen LogP contribution in [-0.2, 0) is 9.53 Å². The summed E-state index contributed by atoms with van der Waals surface area (Å²) in [5.74, 6) is -0.818. The van der Waals surface area contributed by atoms with Gasteiger partial charge in [0.25, 0.3) is 5.91 Å². The lowest BCUT2D eigenvalue weighted by Crippen LogP contribution is -2.54. The molecule has 1 unspecified atom stereocenters. The third-order valence-corrected chi connectivity index (χ3v) is 2.85. The van der Waals surface area contributed by atoms with Crippen molar-refractivity contribution in [2.75, 3.05) is 25.5 Å². The highest BCUT2D eigenvalue weighted by molar-refractivity contribution is 5.98. The highest BCUT2D eigenvalue weighted by Gasteiger charge is 2.31. The van der Waals surface area contributed by atoms with Crippen LogP contribution in [0.1, 0.15) is 10.4 Å². The lowest BCUT2D eigenvalue weighted by molar-refractivity contribution is -0.127. The SMILES string of the molecule is NC(=O)C1COCCN1C(=O)c1cccc(N)c1. The van der Waals surface area contributed by atoms with Crippen molar-refractivity contribution in [3.63, 3.8) is 0 Å². The van der Waals surface area contributed by atoms with Crippen molar-refractivity contribution < 1.29 is 14.3 Å². The van der Waals surface area contributed by atoms with Gasteiger partial charge in [-0.3, -0.25) is 9.59 Å². The summed E-state index contributed by atoms with van der Waals surface area (Å²) in [6.45, 7) is 0.891. The number of ether oxygens (including phenoxy) is 1. The van der Waals surface area contributed by atoms with Gasteiger partial charge in [-0.1, -0.05) is 6.07 Å². The normalized spacial score (nSPS) is 19.6. The molecule has 0 spiro atoms. The minimum absolute atomic E-state index is 0.142. The summed E-state index contributed by atoms with van der Waals surface area (Å²) in [6.07, 6.45) is 0. The quantitative estimate of drug-likeness (QED) is 0.696. The molecule has 6 heteroatoms. The van der Waals surface area contributed by atoms with E-state index in [-0.39, 0.29) is 12.5 Å². The predicted molar refractivity (Wildman–Crippen MR) is 65.7 cm³/mol. The van der Waals surface area contributed by atoms with Gasteiger partial charge in [-0.25, -0.2) is 0 Å². The molecule has 4 N–H and O–H groups in total. The maximum Gasteiger partial charge on any atom is 0.254 e. The first kappa shape index (κ1) is 12.4. The minimum Gasteiger partial charge on any atom is -0.399 e. The highest BCUT2D eigenvalue weighted by Crippen LogP contribution is 2.14. The molecule has 18 heavy (non-hydrogen) atoms. The first-order valence-electron chi connectivity index (χ1n) is 5.63. The van der Waals surface area contributed by atoms with Gasteiger partial charge in [-0.2, -0.15) is 0 Å². The Labute approximate surface area is 104 Å². The molecule has 1 heterocycles. The summed E-state index contributed by atoms with van der Waals surface area (Å²) < 4.78 is 5.16. The second kappa shape index (κ2) is 5.05. The van der Waals surface area contributed by atoms with Crippen molar-refractivity contribution in [2.45, 2.75) is 6.04 Å². The average Bonchev–Trinajstić information content (AvgIpc) is 2.38. The number of carbonyl (C=O) groups is 2. The maximum absolute atomic E-state index is 12.3. The zero-order valence-electron chi connectivity index (χ0n) is 9.83. The van der Waals surface area contributed by atoms with E-state index in [0.717, 1.165) is 0 Å². The molecule has 1 aliphatic rings. The number of primary amides is 1. The molecule has 0 radical (unpaired) electrons. The molecule has 2 amide bonds. The van der Waals surface area contributed by atoms with E-state index in [0.29, 0.717) is 24.4 Å². The van der Waals surface area contributed by atoms with E-state index < -0.39 is 11.9 Å². The Bertz CT molecular complexity index is 475. The number of rotatable bonds is 2. The molecule has 1 fully saturated rings. The molecular weight excluding hydrogens is 234 g/mol. The van der Waals surface area contributed by atoms with Crippen LogP contribution >= 0.6 is 0 Å². The van der Waals surface area contributed by atoms with E-state index >= 15 is 0 Å². The monoisotopic (exact) mass is 249 g/mol. The van der Waals surface area contributed by atoms with Crippen LogP contribution in [-0.4, -0.2) is 42.5 Å². The van der Waals surface area contributed by atoms with Crippen molar-refractivity contribution in [3.8, 4) is 0 Å². The van der Waals surface area contributed by atoms with E-state index in [1.165, 1.54) is 4.90 Å². The van der Waals surface area contributed by atoms with Crippen LogP contribution in [0.4, 0.5) is 5.69 Å². The van der Waals surface area contributed by atoms with Crippen LogP contribution in [0.2, 0.25) is 0 Å². The van der Waals surface area contributed by atoms with Crippen molar-refractivity contribution >= 4 is 17.5 Å². The average molecular weight is 249 g/mol. The van der Waals surface area contributed by atoms with Gasteiger partial charge in [-0.15, -0.1) is 0 Å². The smallest absolute Gasteiger partial charge is 0.254 e. The number of nitrogen functional groups attached to an aromatic ring is 1. The van der Waals surface area contributed by atoms with Gasteiger partial charge in [0.1, 0.15) is 6.04 Å². The molecule has 0 aromatic heterocycles. The Morgan fingerprint density at radius 1 is 1.39 bits per heavy atom. The van der Waals surface area contributed by atoms with Gasteiger partial charge >= 0.3 is 0 Å². The van der Waals surface area contributed by atoms with Crippen molar-refractivity contribution in [2.24, 2.45) is 5.73 Å². The van der Waals surface area contributed by atoms with Gasteiger partial charge in [-0.05, 0) is 18.2 Å². The van der Waals surface area contributed by atoms with Crippen LogP contribution in [0.15, 0.2) is 24.3 Å². The summed E-state index contributed by atoms with van der Waals surface area (Å²) in [4.78, 5) is 25.0. The lowest BCUT2D eigenvalue weighted by atomic mass is 10.1. The summed E-state index contributed by atoms with van der Waals surface area (Å²) >= 11 is 0. The molecule has 1 aromatic rings. The number of benzene rings is 1. The zero-order chi connectivity index (χ0) is 13.1. The zero-order valence-corrected chi connectivity index (χ0v) is 9.83. The first-order chi connectivity index (χ1) is 8.59. The minimum atomic E-state index is -0.715. The third kappa shape index (κ3) is 2.43. The Balaban J connectivity index is 2.23. The molecule has 1 saturated heterocycles. The van der Waals surface area contributed by atoms with Gasteiger partial charge in [0.15, 0.2) is 0 Å². The van der Waals surface area contributed by atoms with E-state index in [1.807, 2.05) is 0 Å². The summed E-state index contributed by atoms with van der Waals surface area (Å²) in [7, 11) is 0. The first-order valence-corrected chi connectivity index (χ1v) is 5.63. The fraction of sp³-hybridized carbons (Fsp3) is 0.333. The van der Waals surface area contributed by atoms with Crippen LogP contribution in [0.3, 0.4) is 0 Å². The van der Waals surface area contributed by atoms with Crippen LogP contribution < -0.4 is 11.5 Å². The number of nitrogens with zero attached hydrogens (tertiary/aromatic N) is 1. The van der Waals surface area contributed by atoms with Gasteiger partial charge in [0.05, 0.1) is 13.2 Å². The molecule has 0 aliphatic carbocycles. The number of anilines is 1.